The molecule has 0 spiro atoms. The number of aliphatic hydroxyl groups excluding tert-OH is 3. The van der Waals surface area contributed by atoms with E-state index >= 15 is 0 Å². The Labute approximate surface area is 151 Å². The summed E-state index contributed by atoms with van der Waals surface area (Å²) in [6.07, 6.45) is -6.97. The van der Waals surface area contributed by atoms with Gasteiger partial charge in [-0.3, -0.25) is 4.79 Å². The van der Waals surface area contributed by atoms with E-state index in [-0.39, 0.29) is 13.2 Å². The van der Waals surface area contributed by atoms with Crippen molar-refractivity contribution >= 4 is 5.78 Å². The van der Waals surface area contributed by atoms with E-state index in [4.69, 9.17) is 9.47 Å². The highest BCUT2D eigenvalue weighted by atomic mass is 16.5. The van der Waals surface area contributed by atoms with Crippen LogP contribution >= 0.6 is 0 Å². The molecule has 2 aromatic rings. The fourth-order valence-corrected chi connectivity index (χ4v) is 2.96. The van der Waals surface area contributed by atoms with E-state index in [1.807, 2.05) is 60.7 Å². The van der Waals surface area contributed by atoms with E-state index in [2.05, 4.69) is 0 Å². The fraction of sp³-hybridized carbons (Fsp3) is 0.350. The lowest BCUT2D eigenvalue weighted by atomic mass is 9.86. The molecule has 2 aromatic carbocycles. The Kier molecular flexibility index (Phi) is 6.13. The number of hydrogen-bond donors (Lipinski definition) is 3. The maximum atomic E-state index is 12.2. The van der Waals surface area contributed by atoms with Crippen molar-refractivity contribution in [2.45, 2.75) is 43.7 Å². The monoisotopic (exact) mass is 358 g/mol. The number of ketones is 1. The van der Waals surface area contributed by atoms with Crippen LogP contribution in [0.4, 0.5) is 0 Å². The minimum atomic E-state index is -1.67. The van der Waals surface area contributed by atoms with Gasteiger partial charge >= 0.3 is 0 Å². The standard InChI is InChI=1S/C20H22O6/c21-15-16(22)19(25-11-13-7-3-1-4-8-13)18(24)20(17(15)23)26-12-14-9-5-2-6-10-14/h1-10,15-16,18-22,24H,11-12H2/t15-,16-,18+,19+,20-/m0/s1. The molecule has 0 saturated heterocycles. The van der Waals surface area contributed by atoms with Gasteiger partial charge in [-0.25, -0.2) is 0 Å². The van der Waals surface area contributed by atoms with E-state index in [0.29, 0.717) is 0 Å². The third-order valence-electron chi connectivity index (χ3n) is 4.44. The second-order valence-electron chi connectivity index (χ2n) is 6.31. The lowest BCUT2D eigenvalue weighted by Crippen LogP contribution is -2.63. The van der Waals surface area contributed by atoms with Crippen LogP contribution in [-0.4, -0.2) is 51.6 Å². The van der Waals surface area contributed by atoms with Gasteiger partial charge < -0.3 is 24.8 Å². The molecule has 0 unspecified atom stereocenters. The van der Waals surface area contributed by atoms with Crippen molar-refractivity contribution in [2.75, 3.05) is 0 Å². The summed E-state index contributed by atoms with van der Waals surface area (Å²) in [6, 6.07) is 18.4. The van der Waals surface area contributed by atoms with E-state index in [1.165, 1.54) is 0 Å². The SMILES string of the molecule is O=C1[C@@H](O)[C@H](O)[C@@H](OCc2ccccc2)[C@@H](O)[C@H]1OCc1ccccc1. The number of Topliss-reactive ketones (excluding diaryl/α,β-unsaturated/α-hetero) is 1. The molecule has 6 heteroatoms. The Morgan fingerprint density at radius 1 is 0.731 bits per heavy atom. The van der Waals surface area contributed by atoms with E-state index in [9.17, 15) is 20.1 Å². The summed E-state index contributed by atoms with van der Waals surface area (Å²) in [5, 5.41) is 30.7. The highest BCUT2D eigenvalue weighted by molar-refractivity contribution is 5.89. The first kappa shape index (κ1) is 18.7. The molecule has 3 N–H and O–H groups in total. The van der Waals surface area contributed by atoms with Gasteiger partial charge in [0.15, 0.2) is 5.78 Å². The molecule has 0 bridgehead atoms. The summed E-state index contributed by atoms with van der Waals surface area (Å²) in [7, 11) is 0. The van der Waals surface area contributed by atoms with Crippen LogP contribution in [0.2, 0.25) is 0 Å². The highest BCUT2D eigenvalue weighted by Gasteiger charge is 2.50. The van der Waals surface area contributed by atoms with Crippen LogP contribution in [0.5, 0.6) is 0 Å². The largest absolute Gasteiger partial charge is 0.387 e. The summed E-state index contributed by atoms with van der Waals surface area (Å²) < 4.78 is 11.1. The van der Waals surface area contributed by atoms with Gasteiger partial charge in [-0.05, 0) is 11.1 Å². The van der Waals surface area contributed by atoms with Gasteiger partial charge in [-0.2, -0.15) is 0 Å². The van der Waals surface area contributed by atoms with E-state index in [0.717, 1.165) is 11.1 Å². The number of aliphatic hydroxyl groups is 3. The Morgan fingerprint density at radius 3 is 1.77 bits per heavy atom. The van der Waals surface area contributed by atoms with Gasteiger partial charge in [0.25, 0.3) is 0 Å². The minimum Gasteiger partial charge on any atom is -0.387 e. The number of carbonyl (C=O) groups excluding carboxylic acids is 1. The average molecular weight is 358 g/mol. The molecular formula is C20H22O6. The summed E-state index contributed by atoms with van der Waals surface area (Å²) in [5.41, 5.74) is 1.68. The summed E-state index contributed by atoms with van der Waals surface area (Å²) in [5.74, 6) is -0.750. The Hall–Kier alpha value is -2.09. The number of rotatable bonds is 6. The zero-order valence-electron chi connectivity index (χ0n) is 14.1. The molecule has 0 aromatic heterocycles. The Bertz CT molecular complexity index is 705. The Morgan fingerprint density at radius 2 is 1.23 bits per heavy atom. The molecule has 138 valence electrons. The third-order valence-corrected chi connectivity index (χ3v) is 4.44. The van der Waals surface area contributed by atoms with Crippen molar-refractivity contribution in [3.8, 4) is 0 Å². The fourth-order valence-electron chi connectivity index (χ4n) is 2.96. The second-order valence-corrected chi connectivity index (χ2v) is 6.31. The number of carbonyl (C=O) groups is 1. The minimum absolute atomic E-state index is 0.0997. The van der Waals surface area contributed by atoms with Gasteiger partial charge in [0.05, 0.1) is 13.2 Å². The summed E-state index contributed by atoms with van der Waals surface area (Å²) >= 11 is 0. The number of benzene rings is 2. The molecule has 0 aliphatic heterocycles. The summed E-state index contributed by atoms with van der Waals surface area (Å²) in [4.78, 5) is 12.2. The van der Waals surface area contributed by atoms with Gasteiger partial charge in [0.1, 0.15) is 30.5 Å². The maximum absolute atomic E-state index is 12.2. The second kappa shape index (κ2) is 8.53. The van der Waals surface area contributed by atoms with E-state index < -0.39 is 36.3 Å². The van der Waals surface area contributed by atoms with Crippen LogP contribution in [0.1, 0.15) is 11.1 Å². The normalized spacial score (nSPS) is 28.9. The predicted octanol–water partition coefficient (Wildman–Crippen LogP) is 0.823. The topological polar surface area (TPSA) is 96.2 Å². The Balaban J connectivity index is 1.67. The first-order valence-electron chi connectivity index (χ1n) is 8.47. The summed E-state index contributed by atoms with van der Waals surface area (Å²) in [6.45, 7) is 0.231. The molecule has 1 aliphatic rings. The number of ether oxygens (including phenoxy) is 2. The van der Waals surface area contributed by atoms with Crippen LogP contribution in [-0.2, 0) is 27.5 Å². The van der Waals surface area contributed by atoms with Crippen LogP contribution in [0.25, 0.3) is 0 Å². The molecule has 0 radical (unpaired) electrons. The van der Waals surface area contributed by atoms with Crippen molar-refractivity contribution in [3.63, 3.8) is 0 Å². The molecule has 6 nitrogen and oxygen atoms in total. The predicted molar refractivity (Wildman–Crippen MR) is 93.1 cm³/mol. The lowest BCUT2D eigenvalue weighted by molar-refractivity contribution is -0.207. The van der Waals surface area contributed by atoms with Crippen LogP contribution in [0, 0.1) is 0 Å². The molecule has 26 heavy (non-hydrogen) atoms. The van der Waals surface area contributed by atoms with Crippen molar-refractivity contribution in [2.24, 2.45) is 0 Å². The first-order chi connectivity index (χ1) is 12.6. The third kappa shape index (κ3) is 4.17. The van der Waals surface area contributed by atoms with Crippen LogP contribution in [0.3, 0.4) is 0 Å². The van der Waals surface area contributed by atoms with Crippen molar-refractivity contribution < 1.29 is 29.6 Å². The zero-order chi connectivity index (χ0) is 18.5. The van der Waals surface area contributed by atoms with Crippen LogP contribution < -0.4 is 0 Å². The molecule has 3 rings (SSSR count). The van der Waals surface area contributed by atoms with Crippen molar-refractivity contribution in [1.29, 1.82) is 0 Å². The van der Waals surface area contributed by atoms with Crippen LogP contribution in [0.15, 0.2) is 60.7 Å². The lowest BCUT2D eigenvalue weighted by Gasteiger charge is -2.39. The van der Waals surface area contributed by atoms with Crippen molar-refractivity contribution in [3.05, 3.63) is 71.8 Å². The smallest absolute Gasteiger partial charge is 0.195 e. The molecule has 0 amide bonds. The molecule has 0 heterocycles. The zero-order valence-corrected chi connectivity index (χ0v) is 14.1. The van der Waals surface area contributed by atoms with Gasteiger partial charge in [-0.1, -0.05) is 60.7 Å². The van der Waals surface area contributed by atoms with Gasteiger partial charge in [0, 0.05) is 0 Å². The highest BCUT2D eigenvalue weighted by Crippen LogP contribution is 2.25. The average Bonchev–Trinajstić information content (AvgIpc) is 2.68. The molecule has 1 aliphatic carbocycles. The van der Waals surface area contributed by atoms with Gasteiger partial charge in [-0.15, -0.1) is 0 Å². The van der Waals surface area contributed by atoms with Crippen molar-refractivity contribution in [1.82, 2.24) is 0 Å². The quantitative estimate of drug-likeness (QED) is 0.708. The molecule has 1 fully saturated rings. The van der Waals surface area contributed by atoms with E-state index in [1.54, 1.807) is 0 Å². The molecule has 1 saturated carbocycles. The first-order valence-corrected chi connectivity index (χ1v) is 8.47. The maximum Gasteiger partial charge on any atom is 0.195 e. The molecular weight excluding hydrogens is 336 g/mol. The number of hydrogen-bond acceptors (Lipinski definition) is 6. The van der Waals surface area contributed by atoms with Gasteiger partial charge in [0.2, 0.25) is 0 Å². The molecule has 5 atom stereocenters.